The van der Waals surface area contributed by atoms with Crippen LogP contribution in [0.3, 0.4) is 0 Å². The summed E-state index contributed by atoms with van der Waals surface area (Å²) < 4.78 is 5.10. The summed E-state index contributed by atoms with van der Waals surface area (Å²) in [5.74, 6) is 1.54. The third kappa shape index (κ3) is 3.90. The van der Waals surface area contributed by atoms with Gasteiger partial charge in [0, 0.05) is 16.0 Å². The van der Waals surface area contributed by atoms with Crippen LogP contribution >= 0.6 is 27.7 Å². The molecule has 0 fully saturated rings. The Balaban J connectivity index is 2.50. The van der Waals surface area contributed by atoms with Crippen molar-refractivity contribution in [2.75, 3.05) is 18.2 Å². The smallest absolute Gasteiger partial charge is 0.119 e. The lowest BCUT2D eigenvalue weighted by Gasteiger charge is -2.07. The Morgan fingerprint density at radius 2 is 2.36 bits per heavy atom. The Bertz CT molecular complexity index is 281. The van der Waals surface area contributed by atoms with Crippen LogP contribution in [0.4, 0.5) is 0 Å². The lowest BCUT2D eigenvalue weighted by atomic mass is 10.3. The van der Waals surface area contributed by atoms with E-state index in [1.54, 1.807) is 18.9 Å². The average molecular weight is 277 g/mol. The first-order valence-corrected chi connectivity index (χ1v) is 6.38. The monoisotopic (exact) mass is 276 g/mol. The summed E-state index contributed by atoms with van der Waals surface area (Å²) in [5.41, 5.74) is 0. The van der Waals surface area contributed by atoms with Gasteiger partial charge in [0.05, 0.1) is 13.2 Å². The molecule has 0 saturated carbocycles. The lowest BCUT2D eigenvalue weighted by Crippen LogP contribution is -2.10. The first-order chi connectivity index (χ1) is 6.76. The van der Waals surface area contributed by atoms with Crippen molar-refractivity contribution in [3.63, 3.8) is 0 Å². The Labute approximate surface area is 96.8 Å². The van der Waals surface area contributed by atoms with Crippen molar-refractivity contribution in [3.8, 4) is 5.75 Å². The number of rotatable bonds is 5. The van der Waals surface area contributed by atoms with E-state index >= 15 is 0 Å². The lowest BCUT2D eigenvalue weighted by molar-refractivity contribution is 0.226. The predicted octanol–water partition coefficient (Wildman–Crippen LogP) is 2.54. The fourth-order valence-corrected chi connectivity index (χ4v) is 2.34. The average Bonchev–Trinajstić information content (AvgIpc) is 2.26. The molecule has 4 heteroatoms. The van der Waals surface area contributed by atoms with E-state index in [0.717, 1.165) is 10.6 Å². The first kappa shape index (κ1) is 11.9. The number of thioether (sulfide) groups is 1. The summed E-state index contributed by atoms with van der Waals surface area (Å²) in [5, 5.41) is 9.96. The molecule has 14 heavy (non-hydrogen) atoms. The highest BCUT2D eigenvalue weighted by atomic mass is 79.9. The molecule has 1 aromatic carbocycles. The van der Waals surface area contributed by atoms with Gasteiger partial charge in [-0.1, -0.05) is 22.0 Å². The van der Waals surface area contributed by atoms with Gasteiger partial charge in [0.15, 0.2) is 0 Å². The van der Waals surface area contributed by atoms with Crippen LogP contribution in [0.2, 0.25) is 0 Å². The Morgan fingerprint density at radius 3 is 3.00 bits per heavy atom. The fourth-order valence-electron chi connectivity index (χ4n) is 0.928. The van der Waals surface area contributed by atoms with Gasteiger partial charge in [-0.05, 0) is 18.2 Å². The molecular formula is C10H13BrO2S. The van der Waals surface area contributed by atoms with Crippen molar-refractivity contribution in [3.05, 3.63) is 24.3 Å². The minimum absolute atomic E-state index is 0.300. The highest BCUT2D eigenvalue weighted by Crippen LogP contribution is 2.23. The molecule has 0 aliphatic rings. The molecular weight excluding hydrogens is 264 g/mol. The molecule has 0 amide bonds. The van der Waals surface area contributed by atoms with E-state index in [-0.39, 0.29) is 6.10 Å². The molecule has 1 N–H and O–H groups in total. The Kier molecular flexibility index (Phi) is 5.37. The van der Waals surface area contributed by atoms with Crippen LogP contribution < -0.4 is 4.74 Å². The van der Waals surface area contributed by atoms with Crippen molar-refractivity contribution in [2.24, 2.45) is 0 Å². The highest BCUT2D eigenvalue weighted by molar-refractivity contribution is 9.09. The SMILES string of the molecule is COc1cccc(SCC(O)CBr)c1. The summed E-state index contributed by atoms with van der Waals surface area (Å²) in [4.78, 5) is 1.12. The second-order valence-electron chi connectivity index (χ2n) is 2.80. The predicted molar refractivity (Wildman–Crippen MR) is 63.5 cm³/mol. The minimum atomic E-state index is -0.300. The molecule has 0 radical (unpaired) electrons. The third-order valence-corrected chi connectivity index (χ3v) is 3.55. The molecule has 1 rings (SSSR count). The van der Waals surface area contributed by atoms with Crippen LogP contribution in [-0.2, 0) is 0 Å². The maximum atomic E-state index is 9.35. The van der Waals surface area contributed by atoms with Crippen molar-refractivity contribution in [1.29, 1.82) is 0 Å². The summed E-state index contributed by atoms with van der Waals surface area (Å²) in [6.07, 6.45) is -0.300. The zero-order chi connectivity index (χ0) is 10.4. The highest BCUT2D eigenvalue weighted by Gasteiger charge is 2.03. The van der Waals surface area contributed by atoms with Gasteiger partial charge < -0.3 is 9.84 Å². The molecule has 1 atom stereocenters. The molecule has 0 aliphatic carbocycles. The quantitative estimate of drug-likeness (QED) is 0.662. The Hall–Kier alpha value is -0.190. The number of benzene rings is 1. The number of aliphatic hydroxyl groups is 1. The number of hydrogen-bond donors (Lipinski definition) is 1. The summed E-state index contributed by atoms with van der Waals surface area (Å²) in [7, 11) is 1.65. The standard InChI is InChI=1S/C10H13BrO2S/c1-13-9-3-2-4-10(5-9)14-7-8(12)6-11/h2-5,8,12H,6-7H2,1H3. The summed E-state index contributed by atoms with van der Waals surface area (Å²) in [6, 6.07) is 7.83. The largest absolute Gasteiger partial charge is 0.497 e. The van der Waals surface area contributed by atoms with Crippen molar-refractivity contribution in [1.82, 2.24) is 0 Å². The van der Waals surface area contributed by atoms with Gasteiger partial charge in [-0.3, -0.25) is 0 Å². The van der Waals surface area contributed by atoms with E-state index in [4.69, 9.17) is 4.74 Å². The van der Waals surface area contributed by atoms with Gasteiger partial charge >= 0.3 is 0 Å². The van der Waals surface area contributed by atoms with Gasteiger partial charge in [0.1, 0.15) is 5.75 Å². The molecule has 0 saturated heterocycles. The van der Waals surface area contributed by atoms with Crippen molar-refractivity contribution in [2.45, 2.75) is 11.0 Å². The number of aliphatic hydroxyl groups excluding tert-OH is 1. The molecule has 78 valence electrons. The molecule has 0 bridgehead atoms. The molecule has 2 nitrogen and oxygen atoms in total. The van der Waals surface area contributed by atoms with E-state index in [2.05, 4.69) is 15.9 Å². The second kappa shape index (κ2) is 6.32. The number of methoxy groups -OCH3 is 1. The second-order valence-corrected chi connectivity index (χ2v) is 4.54. The van der Waals surface area contributed by atoms with Crippen LogP contribution in [0.1, 0.15) is 0 Å². The minimum Gasteiger partial charge on any atom is -0.497 e. The molecule has 0 aromatic heterocycles. The van der Waals surface area contributed by atoms with Crippen LogP contribution in [0, 0.1) is 0 Å². The van der Waals surface area contributed by atoms with Crippen LogP contribution in [0.15, 0.2) is 29.2 Å². The van der Waals surface area contributed by atoms with E-state index < -0.39 is 0 Å². The Morgan fingerprint density at radius 1 is 1.57 bits per heavy atom. The molecule has 0 heterocycles. The van der Waals surface area contributed by atoms with Crippen molar-refractivity contribution < 1.29 is 9.84 Å². The first-order valence-electron chi connectivity index (χ1n) is 4.27. The molecule has 0 aliphatic heterocycles. The molecule has 1 aromatic rings. The van der Waals surface area contributed by atoms with Gasteiger partial charge in [-0.2, -0.15) is 0 Å². The van der Waals surface area contributed by atoms with Crippen LogP contribution in [-0.4, -0.2) is 29.4 Å². The van der Waals surface area contributed by atoms with Crippen molar-refractivity contribution >= 4 is 27.7 Å². The maximum Gasteiger partial charge on any atom is 0.119 e. The van der Waals surface area contributed by atoms with E-state index in [0.29, 0.717) is 11.1 Å². The zero-order valence-corrected chi connectivity index (χ0v) is 10.3. The van der Waals surface area contributed by atoms with E-state index in [1.807, 2.05) is 24.3 Å². The van der Waals surface area contributed by atoms with Crippen LogP contribution in [0.5, 0.6) is 5.75 Å². The van der Waals surface area contributed by atoms with Gasteiger partial charge in [-0.15, -0.1) is 11.8 Å². The topological polar surface area (TPSA) is 29.5 Å². The number of alkyl halides is 1. The van der Waals surface area contributed by atoms with E-state index in [9.17, 15) is 5.11 Å². The zero-order valence-electron chi connectivity index (χ0n) is 7.94. The number of halogens is 1. The van der Waals surface area contributed by atoms with Crippen LogP contribution in [0.25, 0.3) is 0 Å². The normalized spacial score (nSPS) is 12.5. The fraction of sp³-hybridized carbons (Fsp3) is 0.400. The van der Waals surface area contributed by atoms with Gasteiger partial charge in [0.2, 0.25) is 0 Å². The van der Waals surface area contributed by atoms with E-state index in [1.165, 1.54) is 0 Å². The molecule has 1 unspecified atom stereocenters. The molecule has 0 spiro atoms. The number of ether oxygens (including phenoxy) is 1. The maximum absolute atomic E-state index is 9.35. The summed E-state index contributed by atoms with van der Waals surface area (Å²) in [6.45, 7) is 0. The summed E-state index contributed by atoms with van der Waals surface area (Å²) >= 11 is 4.85. The van der Waals surface area contributed by atoms with Gasteiger partial charge in [0.25, 0.3) is 0 Å². The number of hydrogen-bond acceptors (Lipinski definition) is 3. The third-order valence-electron chi connectivity index (χ3n) is 1.66. The van der Waals surface area contributed by atoms with Gasteiger partial charge in [-0.25, -0.2) is 0 Å².